The number of pyridine rings is 1. The third-order valence-corrected chi connectivity index (χ3v) is 2.43. The van der Waals surface area contributed by atoms with Gasteiger partial charge >= 0.3 is 79.7 Å². The standard InChI is InChI=1S/C5H4AsBrN2O2/c6-5-4(9(10)11)1-3(7)2-8-5/h1-2H,6H2. The predicted molar refractivity (Wildman–Crippen MR) is 46.8 cm³/mol. The van der Waals surface area contributed by atoms with Gasteiger partial charge in [-0.05, 0) is 0 Å². The molecular formula is C5H4AsBrN2O2. The van der Waals surface area contributed by atoms with Gasteiger partial charge in [-0.2, -0.15) is 0 Å². The van der Waals surface area contributed by atoms with Gasteiger partial charge in [0.1, 0.15) is 0 Å². The second kappa shape index (κ2) is 3.32. The minimum absolute atomic E-state index is 0.0689. The average molecular weight is 279 g/mol. The first kappa shape index (κ1) is 8.68. The molecule has 0 aromatic carbocycles. The first-order chi connectivity index (χ1) is 5.11. The van der Waals surface area contributed by atoms with Crippen LogP contribution < -0.4 is 4.48 Å². The Kier molecular flexibility index (Phi) is 2.62. The Morgan fingerprint density at radius 1 is 1.73 bits per heavy atom. The zero-order valence-corrected chi connectivity index (χ0v) is 9.33. The van der Waals surface area contributed by atoms with E-state index in [1.165, 1.54) is 6.07 Å². The van der Waals surface area contributed by atoms with Crippen molar-refractivity contribution in [3.63, 3.8) is 0 Å². The van der Waals surface area contributed by atoms with Crippen LogP contribution in [0.4, 0.5) is 5.69 Å². The van der Waals surface area contributed by atoms with Crippen LogP contribution in [0.2, 0.25) is 0 Å². The Balaban J connectivity index is 3.23. The Morgan fingerprint density at radius 3 is 2.82 bits per heavy atom. The van der Waals surface area contributed by atoms with E-state index in [9.17, 15) is 10.1 Å². The van der Waals surface area contributed by atoms with Crippen LogP contribution in [-0.4, -0.2) is 26.8 Å². The second-order valence-electron chi connectivity index (χ2n) is 1.82. The van der Waals surface area contributed by atoms with Crippen LogP contribution in [0.25, 0.3) is 0 Å². The van der Waals surface area contributed by atoms with Crippen LogP contribution in [0.3, 0.4) is 0 Å². The number of rotatable bonds is 1. The van der Waals surface area contributed by atoms with Crippen molar-refractivity contribution in [3.8, 4) is 0 Å². The number of hydrogen-bond donors (Lipinski definition) is 0. The molecule has 6 heteroatoms. The first-order valence-electron chi connectivity index (χ1n) is 2.66. The molecule has 0 aliphatic heterocycles. The van der Waals surface area contributed by atoms with Crippen LogP contribution >= 0.6 is 15.9 Å². The Hall–Kier alpha value is -0.412. The molecule has 0 saturated heterocycles. The van der Waals surface area contributed by atoms with E-state index in [1.54, 1.807) is 6.20 Å². The molecule has 1 aromatic rings. The molecule has 11 heavy (non-hydrogen) atoms. The molecule has 0 aliphatic rings. The van der Waals surface area contributed by atoms with Gasteiger partial charge in [0.15, 0.2) is 0 Å². The van der Waals surface area contributed by atoms with Crippen molar-refractivity contribution >= 4 is 43.0 Å². The fourth-order valence-corrected chi connectivity index (χ4v) is 1.46. The molecule has 0 spiro atoms. The Morgan fingerprint density at radius 2 is 2.36 bits per heavy atom. The molecule has 1 rings (SSSR count). The molecule has 0 radical (unpaired) electrons. The van der Waals surface area contributed by atoms with Crippen molar-refractivity contribution in [2.24, 2.45) is 0 Å². The van der Waals surface area contributed by atoms with E-state index < -0.39 is 4.92 Å². The van der Waals surface area contributed by atoms with Gasteiger partial charge < -0.3 is 0 Å². The van der Waals surface area contributed by atoms with Crippen molar-refractivity contribution in [1.82, 2.24) is 4.98 Å². The van der Waals surface area contributed by atoms with Gasteiger partial charge in [0.05, 0.1) is 0 Å². The predicted octanol–water partition coefficient (Wildman–Crippen LogP) is 0.0107. The molecule has 0 bridgehead atoms. The zero-order valence-electron chi connectivity index (χ0n) is 5.32. The van der Waals surface area contributed by atoms with Crippen LogP contribution in [-0.2, 0) is 0 Å². The van der Waals surface area contributed by atoms with E-state index in [0.717, 1.165) is 16.9 Å². The van der Waals surface area contributed by atoms with Crippen molar-refractivity contribution < 1.29 is 4.92 Å². The van der Waals surface area contributed by atoms with Gasteiger partial charge in [-0.3, -0.25) is 0 Å². The summed E-state index contributed by atoms with van der Waals surface area (Å²) in [5.41, 5.74) is 0.0689. The molecule has 0 fully saturated rings. The van der Waals surface area contributed by atoms with Gasteiger partial charge in [0, 0.05) is 0 Å². The van der Waals surface area contributed by atoms with E-state index in [1.807, 2.05) is 0 Å². The average Bonchev–Trinajstić information content (AvgIpc) is 1.94. The summed E-state index contributed by atoms with van der Waals surface area (Å²) in [5.74, 6) is 0. The van der Waals surface area contributed by atoms with Crippen LogP contribution in [0.5, 0.6) is 0 Å². The fourth-order valence-electron chi connectivity index (χ4n) is 0.585. The van der Waals surface area contributed by atoms with Gasteiger partial charge in [-0.1, -0.05) is 0 Å². The van der Waals surface area contributed by atoms with Gasteiger partial charge in [0.25, 0.3) is 0 Å². The molecule has 0 amide bonds. The molecule has 1 heterocycles. The maximum absolute atomic E-state index is 10.3. The summed E-state index contributed by atoms with van der Waals surface area (Å²) in [5, 5.41) is 10.3. The summed E-state index contributed by atoms with van der Waals surface area (Å²) in [6, 6.07) is 1.45. The zero-order chi connectivity index (χ0) is 8.43. The van der Waals surface area contributed by atoms with Gasteiger partial charge in [-0.25, -0.2) is 0 Å². The van der Waals surface area contributed by atoms with Crippen molar-refractivity contribution in [2.45, 2.75) is 0 Å². The number of hydrogen-bond acceptors (Lipinski definition) is 3. The monoisotopic (exact) mass is 278 g/mol. The summed E-state index contributed by atoms with van der Waals surface area (Å²) in [7, 11) is 0. The summed E-state index contributed by atoms with van der Waals surface area (Å²) >= 11 is 4.25. The number of aromatic nitrogens is 1. The molecule has 58 valence electrons. The number of nitro groups is 1. The van der Waals surface area contributed by atoms with Crippen molar-refractivity contribution in [2.75, 3.05) is 0 Å². The summed E-state index contributed by atoms with van der Waals surface area (Å²) < 4.78 is 1.12. The molecular weight excluding hydrogens is 275 g/mol. The maximum atomic E-state index is 10.3. The summed E-state index contributed by atoms with van der Waals surface area (Å²) in [6.45, 7) is 0. The third-order valence-electron chi connectivity index (χ3n) is 1.06. The normalized spacial score (nSPS) is 9.64. The van der Waals surface area contributed by atoms with E-state index >= 15 is 0 Å². The van der Waals surface area contributed by atoms with Crippen LogP contribution in [0, 0.1) is 10.1 Å². The second-order valence-corrected chi connectivity index (χ2v) is 3.88. The molecule has 1 unspecified atom stereocenters. The first-order valence-corrected chi connectivity index (χ1v) is 4.67. The summed E-state index contributed by atoms with van der Waals surface area (Å²) in [6.07, 6.45) is 1.55. The van der Waals surface area contributed by atoms with Crippen LogP contribution in [0.1, 0.15) is 0 Å². The molecule has 0 saturated carbocycles. The Labute approximate surface area is 79.8 Å². The minimum atomic E-state index is -0.436. The van der Waals surface area contributed by atoms with E-state index in [-0.39, 0.29) is 5.69 Å². The third kappa shape index (κ3) is 2.01. The summed E-state index contributed by atoms with van der Waals surface area (Å²) in [4.78, 5) is 13.7. The van der Waals surface area contributed by atoms with Crippen molar-refractivity contribution in [1.29, 1.82) is 0 Å². The van der Waals surface area contributed by atoms with E-state index in [2.05, 4.69) is 20.9 Å². The number of nitrogens with zero attached hydrogens (tertiary/aromatic N) is 2. The van der Waals surface area contributed by atoms with Gasteiger partial charge in [0.2, 0.25) is 0 Å². The molecule has 4 nitrogen and oxygen atoms in total. The van der Waals surface area contributed by atoms with Crippen LogP contribution in [0.15, 0.2) is 16.7 Å². The van der Waals surface area contributed by atoms with Gasteiger partial charge in [-0.15, -0.1) is 0 Å². The van der Waals surface area contributed by atoms with Crippen molar-refractivity contribution in [3.05, 3.63) is 26.9 Å². The topological polar surface area (TPSA) is 56.0 Å². The Bertz CT molecular complexity index is 305. The molecule has 0 N–H and O–H groups in total. The molecule has 0 aliphatic carbocycles. The quantitative estimate of drug-likeness (QED) is 0.413. The van der Waals surface area contributed by atoms with E-state index in [0.29, 0.717) is 8.95 Å². The number of halogens is 1. The fraction of sp³-hybridized carbons (Fsp3) is 0. The van der Waals surface area contributed by atoms with E-state index in [4.69, 9.17) is 0 Å². The molecule has 1 atom stereocenters. The molecule has 1 aromatic heterocycles. The SMILES string of the molecule is O=[N+]([O-])c1cc(Br)cnc1[AsH2].